The third kappa shape index (κ3) is 3.66. The number of aromatic hydroxyl groups is 1. The fourth-order valence-electron chi connectivity index (χ4n) is 1.67. The Labute approximate surface area is 127 Å². The average molecular weight is 323 g/mol. The lowest BCUT2D eigenvalue weighted by atomic mass is 10.2. The van der Waals surface area contributed by atoms with Gasteiger partial charge in [-0.3, -0.25) is 4.72 Å². The summed E-state index contributed by atoms with van der Waals surface area (Å²) in [6.07, 6.45) is 0.221. The van der Waals surface area contributed by atoms with Crippen molar-refractivity contribution in [2.75, 3.05) is 4.72 Å². The Balaban J connectivity index is 2.25. The van der Waals surface area contributed by atoms with Crippen molar-refractivity contribution in [3.05, 3.63) is 53.1 Å². The van der Waals surface area contributed by atoms with E-state index >= 15 is 0 Å². The van der Waals surface area contributed by atoms with Gasteiger partial charge in [0, 0.05) is 6.07 Å². The van der Waals surface area contributed by atoms with Crippen molar-refractivity contribution < 1.29 is 13.5 Å². The number of rotatable bonds is 4. The Morgan fingerprint density at radius 1 is 1.19 bits per heavy atom. The molecular formula is C14H11ClN2O3S. The van der Waals surface area contributed by atoms with Crippen molar-refractivity contribution in [2.24, 2.45) is 0 Å². The number of hydrogen-bond donors (Lipinski definition) is 2. The molecular weight excluding hydrogens is 312 g/mol. The molecule has 0 aliphatic carbocycles. The molecule has 0 aliphatic heterocycles. The normalized spacial score (nSPS) is 10.9. The summed E-state index contributed by atoms with van der Waals surface area (Å²) in [5.74, 6) is -0.207. The van der Waals surface area contributed by atoms with Crippen molar-refractivity contribution in [1.29, 1.82) is 5.26 Å². The molecule has 2 aromatic rings. The van der Waals surface area contributed by atoms with Crippen LogP contribution in [0.1, 0.15) is 5.56 Å². The van der Waals surface area contributed by atoms with Crippen LogP contribution in [0.15, 0.2) is 47.4 Å². The first-order chi connectivity index (χ1) is 9.92. The summed E-state index contributed by atoms with van der Waals surface area (Å²) in [6.45, 7) is 0. The molecule has 0 unspecified atom stereocenters. The molecule has 0 amide bonds. The Morgan fingerprint density at radius 2 is 1.86 bits per heavy atom. The summed E-state index contributed by atoms with van der Waals surface area (Å²) < 4.78 is 26.7. The van der Waals surface area contributed by atoms with E-state index in [-0.39, 0.29) is 27.8 Å². The number of phenolic OH excluding ortho intramolecular Hbond substituents is 1. The number of nitriles is 1. The lowest BCUT2D eigenvalue weighted by molar-refractivity contribution is 0.476. The van der Waals surface area contributed by atoms with Gasteiger partial charge >= 0.3 is 0 Å². The molecule has 108 valence electrons. The standard InChI is InChI=1S/C14H11ClN2O3S/c15-13-6-3-11(9-14(13)18)17-21(19,20)12-4-1-10(2-5-12)7-8-16/h1-6,9,17-18H,7H2. The van der Waals surface area contributed by atoms with Gasteiger partial charge in [-0.2, -0.15) is 5.26 Å². The van der Waals surface area contributed by atoms with E-state index in [1.54, 1.807) is 12.1 Å². The Morgan fingerprint density at radius 3 is 2.43 bits per heavy atom. The molecule has 2 aromatic carbocycles. The molecule has 0 spiro atoms. The van der Waals surface area contributed by atoms with Crippen molar-refractivity contribution >= 4 is 27.3 Å². The van der Waals surface area contributed by atoms with Gasteiger partial charge in [0.25, 0.3) is 10.0 Å². The van der Waals surface area contributed by atoms with Crippen LogP contribution in [-0.2, 0) is 16.4 Å². The maximum atomic E-state index is 12.2. The first-order valence-electron chi connectivity index (χ1n) is 5.89. The molecule has 2 N–H and O–H groups in total. The van der Waals surface area contributed by atoms with Crippen LogP contribution in [0.25, 0.3) is 0 Å². The van der Waals surface area contributed by atoms with Gasteiger partial charge in [0.05, 0.1) is 28.1 Å². The first kappa shape index (κ1) is 15.2. The predicted molar refractivity (Wildman–Crippen MR) is 79.7 cm³/mol. The van der Waals surface area contributed by atoms with Crippen molar-refractivity contribution in [3.8, 4) is 11.8 Å². The van der Waals surface area contributed by atoms with E-state index in [0.29, 0.717) is 0 Å². The third-order valence-electron chi connectivity index (χ3n) is 2.72. The highest BCUT2D eigenvalue weighted by Crippen LogP contribution is 2.27. The Kier molecular flexibility index (Phi) is 4.36. The summed E-state index contributed by atoms with van der Waals surface area (Å²) in [5.41, 5.74) is 0.943. The van der Waals surface area contributed by atoms with E-state index in [9.17, 15) is 13.5 Å². The Hall–Kier alpha value is -2.23. The van der Waals surface area contributed by atoms with Crippen LogP contribution >= 0.6 is 11.6 Å². The molecule has 0 aliphatic rings. The summed E-state index contributed by atoms with van der Waals surface area (Å²) in [7, 11) is -3.76. The maximum absolute atomic E-state index is 12.2. The smallest absolute Gasteiger partial charge is 0.261 e. The molecule has 0 atom stereocenters. The monoisotopic (exact) mass is 322 g/mol. The molecule has 21 heavy (non-hydrogen) atoms. The van der Waals surface area contributed by atoms with Gasteiger partial charge in [0.15, 0.2) is 0 Å². The lowest BCUT2D eigenvalue weighted by Crippen LogP contribution is -2.12. The van der Waals surface area contributed by atoms with Crippen molar-refractivity contribution in [2.45, 2.75) is 11.3 Å². The fourth-order valence-corrected chi connectivity index (χ4v) is 2.84. The van der Waals surface area contributed by atoms with Gasteiger partial charge in [0.2, 0.25) is 0 Å². The second kappa shape index (κ2) is 6.04. The zero-order valence-electron chi connectivity index (χ0n) is 10.7. The maximum Gasteiger partial charge on any atom is 0.261 e. The van der Waals surface area contributed by atoms with E-state index in [2.05, 4.69) is 4.72 Å². The van der Waals surface area contributed by atoms with E-state index in [0.717, 1.165) is 5.56 Å². The third-order valence-corrected chi connectivity index (χ3v) is 4.43. The van der Waals surface area contributed by atoms with Crippen LogP contribution in [0.4, 0.5) is 5.69 Å². The largest absolute Gasteiger partial charge is 0.506 e. The van der Waals surface area contributed by atoms with Gasteiger partial charge in [-0.15, -0.1) is 0 Å². The summed E-state index contributed by atoms with van der Waals surface area (Å²) >= 11 is 5.66. The van der Waals surface area contributed by atoms with E-state index < -0.39 is 10.0 Å². The topological polar surface area (TPSA) is 90.2 Å². The Bertz CT molecular complexity index is 796. The highest BCUT2D eigenvalue weighted by Gasteiger charge is 2.14. The highest BCUT2D eigenvalue weighted by molar-refractivity contribution is 7.92. The quantitative estimate of drug-likeness (QED) is 0.905. The van der Waals surface area contributed by atoms with Crippen LogP contribution in [0.2, 0.25) is 5.02 Å². The number of benzene rings is 2. The molecule has 0 heterocycles. The molecule has 0 radical (unpaired) electrons. The number of phenols is 1. The minimum atomic E-state index is -3.76. The number of halogens is 1. The minimum Gasteiger partial charge on any atom is -0.506 e. The van der Waals surface area contributed by atoms with Crippen LogP contribution in [0.3, 0.4) is 0 Å². The van der Waals surface area contributed by atoms with Crippen molar-refractivity contribution in [3.63, 3.8) is 0 Å². The molecule has 7 heteroatoms. The van der Waals surface area contributed by atoms with Crippen LogP contribution in [-0.4, -0.2) is 13.5 Å². The molecule has 0 saturated heterocycles. The molecule has 5 nitrogen and oxygen atoms in total. The molecule has 0 saturated carbocycles. The molecule has 0 fully saturated rings. The van der Waals surface area contributed by atoms with Crippen LogP contribution < -0.4 is 4.72 Å². The van der Waals surface area contributed by atoms with Gasteiger partial charge in [-0.25, -0.2) is 8.42 Å². The zero-order valence-corrected chi connectivity index (χ0v) is 12.3. The van der Waals surface area contributed by atoms with Crippen LogP contribution in [0, 0.1) is 11.3 Å². The van der Waals surface area contributed by atoms with Crippen molar-refractivity contribution in [1.82, 2.24) is 0 Å². The molecule has 2 rings (SSSR count). The lowest BCUT2D eigenvalue weighted by Gasteiger charge is -2.09. The number of hydrogen-bond acceptors (Lipinski definition) is 4. The number of anilines is 1. The number of nitrogens with one attached hydrogen (secondary N) is 1. The SMILES string of the molecule is N#CCc1ccc(S(=O)(=O)Nc2ccc(Cl)c(O)c2)cc1. The highest BCUT2D eigenvalue weighted by atomic mass is 35.5. The van der Waals surface area contributed by atoms with E-state index in [1.165, 1.54) is 30.3 Å². The fraction of sp³-hybridized carbons (Fsp3) is 0.0714. The summed E-state index contributed by atoms with van der Waals surface area (Å²) in [6, 6.07) is 12.1. The molecule has 0 aromatic heterocycles. The zero-order chi connectivity index (χ0) is 15.5. The molecule has 0 bridgehead atoms. The van der Waals surface area contributed by atoms with E-state index in [4.69, 9.17) is 16.9 Å². The number of sulfonamides is 1. The number of nitrogens with zero attached hydrogens (tertiary/aromatic N) is 1. The first-order valence-corrected chi connectivity index (χ1v) is 7.76. The predicted octanol–water partition coefficient (Wildman–Crippen LogP) is 2.91. The second-order valence-electron chi connectivity index (χ2n) is 4.25. The summed E-state index contributed by atoms with van der Waals surface area (Å²) in [4.78, 5) is 0.0682. The van der Waals surface area contributed by atoms with Crippen LogP contribution in [0.5, 0.6) is 5.75 Å². The van der Waals surface area contributed by atoms with Gasteiger partial charge in [0.1, 0.15) is 5.75 Å². The second-order valence-corrected chi connectivity index (χ2v) is 6.34. The summed E-state index contributed by atoms with van der Waals surface area (Å²) in [5, 5.41) is 18.2. The average Bonchev–Trinajstić information content (AvgIpc) is 2.44. The van der Waals surface area contributed by atoms with Gasteiger partial charge in [-0.05, 0) is 29.8 Å². The van der Waals surface area contributed by atoms with E-state index in [1.807, 2.05) is 6.07 Å². The minimum absolute atomic E-state index is 0.0682. The van der Waals surface area contributed by atoms with Gasteiger partial charge < -0.3 is 5.11 Å². The van der Waals surface area contributed by atoms with Gasteiger partial charge in [-0.1, -0.05) is 23.7 Å².